The van der Waals surface area contributed by atoms with Gasteiger partial charge in [-0.15, -0.1) is 13.2 Å². The molecule has 1 aromatic carbocycles. The van der Waals surface area contributed by atoms with Crippen LogP contribution in [-0.4, -0.2) is 11.3 Å². The van der Waals surface area contributed by atoms with Crippen molar-refractivity contribution in [3.63, 3.8) is 0 Å². The molecule has 8 heteroatoms. The van der Waals surface area contributed by atoms with Crippen LogP contribution in [0.15, 0.2) is 36.5 Å². The second-order valence-electron chi connectivity index (χ2n) is 3.54. The summed E-state index contributed by atoms with van der Waals surface area (Å²) in [6, 6.07) is 6.35. The van der Waals surface area contributed by atoms with Crippen LogP contribution < -0.4 is 9.47 Å². The fourth-order valence-electron chi connectivity index (χ4n) is 1.32. The third-order valence-electron chi connectivity index (χ3n) is 2.10. The van der Waals surface area contributed by atoms with E-state index in [1.807, 2.05) is 0 Å². The third-order valence-corrected chi connectivity index (χ3v) is 2.84. The van der Waals surface area contributed by atoms with Crippen molar-refractivity contribution in [3.05, 3.63) is 46.7 Å². The van der Waals surface area contributed by atoms with Gasteiger partial charge in [0.25, 0.3) is 0 Å². The van der Waals surface area contributed by atoms with Gasteiger partial charge in [-0.2, -0.15) is 0 Å². The van der Waals surface area contributed by atoms with E-state index in [4.69, 9.17) is 27.9 Å². The van der Waals surface area contributed by atoms with Gasteiger partial charge in [0.05, 0.1) is 0 Å². The van der Waals surface area contributed by atoms with Gasteiger partial charge >= 0.3 is 6.36 Å². The first-order chi connectivity index (χ1) is 9.35. The molecule has 2 rings (SSSR count). The van der Waals surface area contributed by atoms with E-state index in [1.165, 1.54) is 24.4 Å². The highest BCUT2D eigenvalue weighted by Gasteiger charge is 2.30. The minimum Gasteiger partial charge on any atom is -0.456 e. The van der Waals surface area contributed by atoms with Crippen molar-refractivity contribution in [3.8, 4) is 17.2 Å². The van der Waals surface area contributed by atoms with Crippen LogP contribution in [0.3, 0.4) is 0 Å². The van der Waals surface area contributed by atoms with Crippen LogP contribution in [0.5, 0.6) is 17.2 Å². The Hall–Kier alpha value is -1.66. The number of rotatable bonds is 3. The first-order valence-corrected chi connectivity index (χ1v) is 5.94. The zero-order chi connectivity index (χ0) is 14.8. The van der Waals surface area contributed by atoms with E-state index in [9.17, 15) is 13.2 Å². The summed E-state index contributed by atoms with van der Waals surface area (Å²) in [5, 5.41) is 0.186. The molecule has 0 unspecified atom stereocenters. The summed E-state index contributed by atoms with van der Waals surface area (Å²) in [7, 11) is 0. The summed E-state index contributed by atoms with van der Waals surface area (Å²) < 4.78 is 45.1. The van der Waals surface area contributed by atoms with Gasteiger partial charge < -0.3 is 9.47 Å². The minimum atomic E-state index is -4.73. The maximum Gasteiger partial charge on any atom is 0.573 e. The molecule has 20 heavy (non-hydrogen) atoms. The van der Waals surface area contributed by atoms with Crippen molar-refractivity contribution >= 4 is 23.2 Å². The second-order valence-corrected chi connectivity index (χ2v) is 4.27. The smallest absolute Gasteiger partial charge is 0.456 e. The Bertz CT molecular complexity index is 603. The van der Waals surface area contributed by atoms with Crippen molar-refractivity contribution in [2.75, 3.05) is 0 Å². The van der Waals surface area contributed by atoms with Gasteiger partial charge in [0.2, 0.25) is 0 Å². The number of halogens is 5. The van der Waals surface area contributed by atoms with E-state index in [-0.39, 0.29) is 27.4 Å². The molecule has 1 heterocycles. The molecular weight excluding hydrogens is 318 g/mol. The Morgan fingerprint density at radius 3 is 2.15 bits per heavy atom. The van der Waals surface area contributed by atoms with Crippen LogP contribution in [0, 0.1) is 0 Å². The highest BCUT2D eigenvalue weighted by atomic mass is 35.5. The lowest BCUT2D eigenvalue weighted by atomic mass is 10.3. The lowest BCUT2D eigenvalue weighted by molar-refractivity contribution is -0.274. The minimum absolute atomic E-state index is 0.0705. The van der Waals surface area contributed by atoms with Crippen molar-refractivity contribution in [1.82, 2.24) is 4.98 Å². The van der Waals surface area contributed by atoms with Crippen LogP contribution in [0.2, 0.25) is 10.2 Å². The van der Waals surface area contributed by atoms with Gasteiger partial charge in [-0.05, 0) is 24.3 Å². The Labute approximate surface area is 121 Å². The van der Waals surface area contributed by atoms with E-state index in [0.717, 1.165) is 12.1 Å². The average molecular weight is 324 g/mol. The number of alkyl halides is 3. The predicted molar refractivity (Wildman–Crippen MR) is 67.5 cm³/mol. The number of pyridine rings is 1. The summed E-state index contributed by atoms with van der Waals surface area (Å²) in [4.78, 5) is 3.74. The van der Waals surface area contributed by atoms with Crippen molar-refractivity contribution in [1.29, 1.82) is 0 Å². The summed E-state index contributed by atoms with van der Waals surface area (Å²) in [5.74, 6) is 0.184. The fraction of sp³-hybridized carbons (Fsp3) is 0.0833. The van der Waals surface area contributed by atoms with Crippen molar-refractivity contribution < 1.29 is 22.6 Å². The first-order valence-electron chi connectivity index (χ1n) is 5.19. The molecule has 0 atom stereocenters. The van der Waals surface area contributed by atoms with Crippen molar-refractivity contribution in [2.24, 2.45) is 0 Å². The van der Waals surface area contributed by atoms with Crippen LogP contribution in [0.25, 0.3) is 0 Å². The zero-order valence-corrected chi connectivity index (χ0v) is 11.1. The molecule has 0 saturated heterocycles. The van der Waals surface area contributed by atoms with Crippen LogP contribution in [0.1, 0.15) is 0 Å². The molecule has 0 spiro atoms. The Morgan fingerprint density at radius 1 is 0.950 bits per heavy atom. The number of ether oxygens (including phenoxy) is 2. The van der Waals surface area contributed by atoms with Crippen molar-refractivity contribution in [2.45, 2.75) is 6.36 Å². The van der Waals surface area contributed by atoms with Crippen LogP contribution in [0.4, 0.5) is 13.2 Å². The standard InChI is InChI=1S/C12H6Cl2F3NO2/c13-10-9(5-6-18-11(10)14)19-7-1-3-8(4-2-7)20-12(15,16)17/h1-6H. The molecule has 0 aliphatic carbocycles. The number of nitrogens with zero attached hydrogens (tertiary/aromatic N) is 1. The molecule has 0 aliphatic rings. The highest BCUT2D eigenvalue weighted by molar-refractivity contribution is 6.42. The molecule has 0 fully saturated rings. The van der Waals surface area contributed by atoms with Crippen LogP contribution >= 0.6 is 23.2 Å². The van der Waals surface area contributed by atoms with E-state index >= 15 is 0 Å². The molecule has 0 amide bonds. The van der Waals surface area contributed by atoms with Gasteiger partial charge in [-0.1, -0.05) is 23.2 Å². The van der Waals surface area contributed by atoms with Gasteiger partial charge in [0.1, 0.15) is 16.5 Å². The van der Waals surface area contributed by atoms with Gasteiger partial charge in [0.15, 0.2) is 10.9 Å². The molecule has 0 saturated carbocycles. The van der Waals surface area contributed by atoms with Gasteiger partial charge in [0, 0.05) is 12.3 Å². The lowest BCUT2D eigenvalue weighted by Crippen LogP contribution is -2.16. The van der Waals surface area contributed by atoms with E-state index in [0.29, 0.717) is 0 Å². The second kappa shape index (κ2) is 5.76. The van der Waals surface area contributed by atoms with E-state index < -0.39 is 6.36 Å². The predicted octanol–water partition coefficient (Wildman–Crippen LogP) is 5.08. The number of benzene rings is 1. The Balaban J connectivity index is 2.13. The number of hydrogen-bond acceptors (Lipinski definition) is 3. The normalized spacial score (nSPS) is 11.2. The summed E-state index contributed by atoms with van der Waals surface area (Å²) in [6.45, 7) is 0. The monoisotopic (exact) mass is 323 g/mol. The zero-order valence-electron chi connectivity index (χ0n) is 9.62. The molecule has 106 valence electrons. The first kappa shape index (κ1) is 14.7. The van der Waals surface area contributed by atoms with E-state index in [1.54, 1.807) is 0 Å². The maximum absolute atomic E-state index is 12.0. The molecule has 3 nitrogen and oxygen atoms in total. The van der Waals surface area contributed by atoms with Gasteiger partial charge in [-0.25, -0.2) is 4.98 Å². The van der Waals surface area contributed by atoms with Gasteiger partial charge in [-0.3, -0.25) is 0 Å². The average Bonchev–Trinajstić information content (AvgIpc) is 2.35. The molecule has 1 aromatic heterocycles. The third kappa shape index (κ3) is 3.91. The highest BCUT2D eigenvalue weighted by Crippen LogP contribution is 2.34. The molecule has 2 aromatic rings. The molecular formula is C12H6Cl2F3NO2. The number of hydrogen-bond donors (Lipinski definition) is 0. The topological polar surface area (TPSA) is 31.4 Å². The molecule has 0 N–H and O–H groups in total. The summed E-state index contributed by atoms with van der Waals surface area (Å²) >= 11 is 11.6. The SMILES string of the molecule is FC(F)(F)Oc1ccc(Oc2ccnc(Cl)c2Cl)cc1. The number of aromatic nitrogens is 1. The maximum atomic E-state index is 12.0. The summed E-state index contributed by atoms with van der Waals surface area (Å²) in [6.07, 6.45) is -3.34. The fourth-order valence-corrected chi connectivity index (χ4v) is 1.62. The van der Waals surface area contributed by atoms with Crippen LogP contribution in [-0.2, 0) is 0 Å². The lowest BCUT2D eigenvalue weighted by Gasteiger charge is -2.10. The largest absolute Gasteiger partial charge is 0.573 e. The Kier molecular flexibility index (Phi) is 4.25. The van der Waals surface area contributed by atoms with E-state index in [2.05, 4.69) is 9.72 Å². The quantitative estimate of drug-likeness (QED) is 0.738. The molecule has 0 aliphatic heterocycles. The Morgan fingerprint density at radius 2 is 1.55 bits per heavy atom. The summed E-state index contributed by atoms with van der Waals surface area (Å²) in [5.41, 5.74) is 0. The molecule has 0 radical (unpaired) electrons. The molecule has 0 bridgehead atoms.